The number of urea groups is 1. The third-order valence-corrected chi connectivity index (χ3v) is 10.1. The molecule has 44 heavy (non-hydrogen) atoms. The zero-order valence-electron chi connectivity index (χ0n) is 26.7. The van der Waals surface area contributed by atoms with Crippen molar-refractivity contribution in [1.29, 1.82) is 5.26 Å². The number of amides is 3. The van der Waals surface area contributed by atoms with Crippen molar-refractivity contribution in [2.45, 2.75) is 65.8 Å². The minimum atomic E-state index is -3.85. The van der Waals surface area contributed by atoms with Crippen molar-refractivity contribution >= 4 is 33.6 Å². The SMILES string of the molecule is CCN(CC)CC.CN1C(=O)N(CCCC(CS(=O)(=O)N2CCC(=NOc3ccc(C#N)cc3)CC2)C(=O)O)C(=O)C1(C)C. The molecule has 1 unspecified atom stereocenters. The molecule has 0 bridgehead atoms. The van der Waals surface area contributed by atoms with Crippen molar-refractivity contribution in [3.8, 4) is 11.8 Å². The molecular formula is C30H46N6O7S. The van der Waals surface area contributed by atoms with Gasteiger partial charge >= 0.3 is 12.0 Å². The third-order valence-electron chi connectivity index (χ3n) is 8.12. The smallest absolute Gasteiger partial charge is 0.327 e. The highest BCUT2D eigenvalue weighted by molar-refractivity contribution is 7.89. The zero-order valence-corrected chi connectivity index (χ0v) is 27.5. The topological polar surface area (TPSA) is 164 Å². The van der Waals surface area contributed by atoms with Crippen molar-refractivity contribution in [3.63, 3.8) is 0 Å². The van der Waals surface area contributed by atoms with E-state index in [4.69, 9.17) is 10.1 Å². The Labute approximate surface area is 261 Å². The van der Waals surface area contributed by atoms with Crippen molar-refractivity contribution in [2.75, 3.05) is 52.1 Å². The summed E-state index contributed by atoms with van der Waals surface area (Å²) in [6.07, 6.45) is 0.873. The lowest BCUT2D eigenvalue weighted by atomic mass is 10.0. The maximum atomic E-state index is 12.9. The number of carboxylic acid groups (broad SMARTS) is 1. The second-order valence-electron chi connectivity index (χ2n) is 11.2. The standard InChI is InChI=1S/C24H31N5O7S.C6H15N/c1-24(2)22(32)29(23(33)27(24)3)12-4-5-18(21(30)31)16-37(34,35)28-13-10-19(11-14-28)26-36-20-8-6-17(15-25)7-9-20;1-4-7(5-2)6-3/h6-9,18H,4-5,10-14,16H2,1-3H3,(H,30,31);4-6H2,1-3H3. The van der Waals surface area contributed by atoms with Crippen LogP contribution in [0.2, 0.25) is 0 Å². The van der Waals surface area contributed by atoms with Gasteiger partial charge in [-0.05, 0) is 70.6 Å². The second-order valence-corrected chi connectivity index (χ2v) is 13.2. The van der Waals surface area contributed by atoms with Crippen LogP contribution in [-0.2, 0) is 19.6 Å². The van der Waals surface area contributed by atoms with Crippen LogP contribution in [-0.4, -0.2) is 114 Å². The summed E-state index contributed by atoms with van der Waals surface area (Å²) in [5.74, 6) is -2.88. The van der Waals surface area contributed by atoms with Gasteiger partial charge in [0.15, 0.2) is 5.75 Å². The van der Waals surface area contributed by atoms with Gasteiger partial charge in [-0.1, -0.05) is 25.9 Å². The summed E-state index contributed by atoms with van der Waals surface area (Å²) in [5, 5.41) is 22.5. The average molecular weight is 635 g/mol. The number of nitrogens with zero attached hydrogens (tertiary/aromatic N) is 6. The molecule has 0 saturated carbocycles. The largest absolute Gasteiger partial charge is 0.481 e. The number of rotatable bonds is 13. The molecule has 2 fully saturated rings. The Hall–Kier alpha value is -3.54. The molecule has 1 aromatic carbocycles. The number of imide groups is 1. The fourth-order valence-corrected chi connectivity index (χ4v) is 6.57. The van der Waals surface area contributed by atoms with Gasteiger partial charge in [-0.15, -0.1) is 0 Å². The molecule has 2 aliphatic rings. The van der Waals surface area contributed by atoms with E-state index < -0.39 is 39.2 Å². The highest BCUT2D eigenvalue weighted by Gasteiger charge is 2.48. The van der Waals surface area contributed by atoms with Crippen molar-refractivity contribution < 1.29 is 32.7 Å². The van der Waals surface area contributed by atoms with Crippen LogP contribution in [0, 0.1) is 17.2 Å². The Balaban J connectivity index is 0.000000860. The lowest BCUT2D eigenvalue weighted by Gasteiger charge is -2.28. The molecule has 13 nitrogen and oxygen atoms in total. The minimum Gasteiger partial charge on any atom is -0.481 e. The molecule has 2 aliphatic heterocycles. The van der Waals surface area contributed by atoms with E-state index in [0.717, 1.165) is 4.90 Å². The molecule has 14 heteroatoms. The molecular weight excluding hydrogens is 588 g/mol. The van der Waals surface area contributed by atoms with Crippen LogP contribution in [0.5, 0.6) is 5.75 Å². The summed E-state index contributed by atoms with van der Waals surface area (Å²) in [6.45, 7) is 13.7. The number of nitriles is 1. The first-order valence-electron chi connectivity index (χ1n) is 15.0. The number of piperidine rings is 1. The van der Waals surface area contributed by atoms with Crippen LogP contribution in [0.3, 0.4) is 0 Å². The number of benzene rings is 1. The number of likely N-dealkylation sites (N-methyl/N-ethyl adjacent to an activating group) is 1. The number of hydrogen-bond donors (Lipinski definition) is 1. The first kappa shape index (κ1) is 36.7. The number of sulfonamides is 1. The third kappa shape index (κ3) is 9.73. The lowest BCUT2D eigenvalue weighted by Crippen LogP contribution is -2.42. The first-order valence-corrected chi connectivity index (χ1v) is 16.6. The molecule has 2 saturated heterocycles. The molecule has 3 amide bonds. The molecule has 3 rings (SSSR count). The summed E-state index contributed by atoms with van der Waals surface area (Å²) < 4.78 is 27.1. The molecule has 0 aromatic heterocycles. The lowest BCUT2D eigenvalue weighted by molar-refractivity contribution is -0.141. The summed E-state index contributed by atoms with van der Waals surface area (Å²) in [7, 11) is -2.33. The van der Waals surface area contributed by atoms with Crippen molar-refractivity contribution in [1.82, 2.24) is 19.0 Å². The minimum absolute atomic E-state index is 0.00868. The Morgan fingerprint density at radius 3 is 2.11 bits per heavy atom. The van der Waals surface area contributed by atoms with E-state index in [1.54, 1.807) is 38.1 Å². The van der Waals surface area contributed by atoms with Gasteiger partial charge in [-0.3, -0.25) is 14.5 Å². The van der Waals surface area contributed by atoms with E-state index in [1.807, 2.05) is 6.07 Å². The Morgan fingerprint density at radius 2 is 1.68 bits per heavy atom. The highest BCUT2D eigenvalue weighted by Crippen LogP contribution is 2.26. The predicted octanol–water partition coefficient (Wildman–Crippen LogP) is 3.22. The van der Waals surface area contributed by atoms with E-state index in [0.29, 0.717) is 29.9 Å². The van der Waals surface area contributed by atoms with Gasteiger partial charge in [-0.25, -0.2) is 17.5 Å². The number of oxime groups is 1. The highest BCUT2D eigenvalue weighted by atomic mass is 32.2. The van der Waals surface area contributed by atoms with E-state index in [2.05, 4.69) is 30.8 Å². The molecule has 244 valence electrons. The van der Waals surface area contributed by atoms with Crippen LogP contribution in [0.1, 0.15) is 65.9 Å². The van der Waals surface area contributed by atoms with E-state index >= 15 is 0 Å². The van der Waals surface area contributed by atoms with Crippen molar-refractivity contribution in [2.24, 2.45) is 11.1 Å². The molecule has 1 atom stereocenters. The van der Waals surface area contributed by atoms with E-state index in [1.165, 1.54) is 35.9 Å². The van der Waals surface area contributed by atoms with Crippen LogP contribution in [0.15, 0.2) is 29.4 Å². The van der Waals surface area contributed by atoms with Crippen molar-refractivity contribution in [3.05, 3.63) is 29.8 Å². The number of carbonyl (C=O) groups excluding carboxylic acids is 2. The second kappa shape index (κ2) is 16.5. The summed E-state index contributed by atoms with van der Waals surface area (Å²) in [4.78, 5) is 46.8. The first-order chi connectivity index (χ1) is 20.7. The van der Waals surface area contributed by atoms with Gasteiger partial charge in [0.05, 0.1) is 29.0 Å². The molecule has 0 spiro atoms. The molecule has 1 N–H and O–H groups in total. The maximum absolute atomic E-state index is 12.9. The molecule has 1 aromatic rings. The number of carbonyl (C=O) groups is 3. The fraction of sp³-hybridized carbons (Fsp3) is 0.633. The Bertz CT molecular complexity index is 1300. The van der Waals surface area contributed by atoms with Gasteiger partial charge < -0.3 is 19.7 Å². The van der Waals surface area contributed by atoms with Gasteiger partial charge in [0.25, 0.3) is 5.91 Å². The Morgan fingerprint density at radius 1 is 1.11 bits per heavy atom. The normalized spacial score (nSPS) is 17.6. The monoisotopic (exact) mass is 634 g/mol. The molecule has 0 radical (unpaired) electrons. The number of carboxylic acids is 1. The summed E-state index contributed by atoms with van der Waals surface area (Å²) in [5.41, 5.74) is 0.196. The predicted molar refractivity (Wildman–Crippen MR) is 167 cm³/mol. The summed E-state index contributed by atoms with van der Waals surface area (Å²) in [6, 6.07) is 7.98. The van der Waals surface area contributed by atoms with Crippen LogP contribution in [0.25, 0.3) is 0 Å². The van der Waals surface area contributed by atoms with Crippen LogP contribution in [0.4, 0.5) is 4.79 Å². The van der Waals surface area contributed by atoms with Gasteiger partial charge in [0.1, 0.15) is 5.54 Å². The zero-order chi connectivity index (χ0) is 33.1. The van der Waals surface area contributed by atoms with Crippen LogP contribution < -0.4 is 4.84 Å². The fourth-order valence-electron chi connectivity index (χ4n) is 4.80. The van der Waals surface area contributed by atoms with Gasteiger partial charge in [-0.2, -0.15) is 5.26 Å². The maximum Gasteiger partial charge on any atom is 0.327 e. The van der Waals surface area contributed by atoms with Crippen LogP contribution >= 0.6 is 0 Å². The Kier molecular flexibility index (Phi) is 13.8. The summed E-state index contributed by atoms with van der Waals surface area (Å²) >= 11 is 0. The number of hydrogen-bond acceptors (Lipinski definition) is 9. The number of aliphatic carboxylic acids is 1. The molecule has 0 aliphatic carbocycles. The quantitative estimate of drug-likeness (QED) is 0.253. The van der Waals surface area contributed by atoms with Gasteiger partial charge in [0, 0.05) is 39.5 Å². The van der Waals surface area contributed by atoms with E-state index in [9.17, 15) is 27.9 Å². The van der Waals surface area contributed by atoms with Gasteiger partial charge in [0.2, 0.25) is 10.0 Å². The van der Waals surface area contributed by atoms with E-state index in [-0.39, 0.29) is 38.4 Å². The average Bonchev–Trinajstić information content (AvgIpc) is 3.15. The molecule has 2 heterocycles.